The van der Waals surface area contributed by atoms with Crippen molar-refractivity contribution in [1.29, 1.82) is 5.41 Å². The van der Waals surface area contributed by atoms with Gasteiger partial charge in [0.05, 0.1) is 13.7 Å². The minimum absolute atomic E-state index is 0.0275. The van der Waals surface area contributed by atoms with Crippen molar-refractivity contribution in [3.05, 3.63) is 11.8 Å². The van der Waals surface area contributed by atoms with Crippen LogP contribution in [0.3, 0.4) is 0 Å². The topological polar surface area (TPSA) is 110 Å². The van der Waals surface area contributed by atoms with Gasteiger partial charge in [-0.2, -0.15) is 0 Å². The Hall–Kier alpha value is -2.09. The molecule has 1 amide bonds. The van der Waals surface area contributed by atoms with E-state index in [-0.39, 0.29) is 12.6 Å². The molecule has 8 nitrogen and oxygen atoms in total. The number of methoxy groups -OCH3 is 1. The van der Waals surface area contributed by atoms with Crippen LogP contribution in [0.4, 0.5) is 4.79 Å². The second-order valence-corrected chi connectivity index (χ2v) is 4.50. The maximum absolute atomic E-state index is 11.0. The molecule has 0 aromatic rings. The van der Waals surface area contributed by atoms with Crippen molar-refractivity contribution in [3.8, 4) is 0 Å². The smallest absolute Gasteiger partial charge is 0.406 e. The summed E-state index contributed by atoms with van der Waals surface area (Å²) in [6.45, 7) is 4.64. The lowest BCUT2D eigenvalue weighted by Crippen LogP contribution is -2.37. The van der Waals surface area contributed by atoms with Crippen LogP contribution in [0.5, 0.6) is 0 Å². The molecule has 0 saturated heterocycles. The van der Waals surface area contributed by atoms with Crippen LogP contribution < -0.4 is 10.6 Å². The van der Waals surface area contributed by atoms with Gasteiger partial charge in [0.1, 0.15) is 12.2 Å². The summed E-state index contributed by atoms with van der Waals surface area (Å²) >= 11 is 0. The van der Waals surface area contributed by atoms with Gasteiger partial charge in [0.15, 0.2) is 0 Å². The predicted molar refractivity (Wildman–Crippen MR) is 82.7 cm³/mol. The van der Waals surface area contributed by atoms with Gasteiger partial charge in [-0.15, -0.1) is 0 Å². The molecule has 4 N–H and O–H groups in total. The van der Waals surface area contributed by atoms with Crippen LogP contribution >= 0.6 is 0 Å². The van der Waals surface area contributed by atoms with Gasteiger partial charge in [-0.1, -0.05) is 0 Å². The fraction of sp³-hybridized carbons (Fsp3) is 0.615. The molecular weight excluding hydrogens is 274 g/mol. The Morgan fingerprint density at radius 2 is 2.24 bits per heavy atom. The molecule has 0 spiro atoms. The van der Waals surface area contributed by atoms with Crippen LogP contribution in [0, 0.1) is 5.41 Å². The van der Waals surface area contributed by atoms with Crippen LogP contribution in [-0.2, 0) is 4.74 Å². The van der Waals surface area contributed by atoms with Crippen LogP contribution in [0.15, 0.2) is 16.8 Å². The molecule has 0 aromatic heterocycles. The van der Waals surface area contributed by atoms with E-state index < -0.39 is 6.09 Å². The highest BCUT2D eigenvalue weighted by molar-refractivity contribution is 6.01. The number of carbonyl (C=O) groups excluding carboxylic acids is 1. The third kappa shape index (κ3) is 7.93. The maximum atomic E-state index is 11.0. The van der Waals surface area contributed by atoms with E-state index in [4.69, 9.17) is 10.5 Å². The molecule has 0 fully saturated rings. The zero-order valence-electron chi connectivity index (χ0n) is 13.0. The molecule has 0 aliphatic rings. The minimum Gasteiger partial charge on any atom is -0.453 e. The molecule has 21 heavy (non-hydrogen) atoms. The third-order valence-electron chi connectivity index (χ3n) is 2.66. The molecule has 1 unspecified atom stereocenters. The van der Waals surface area contributed by atoms with Gasteiger partial charge in [-0.25, -0.2) is 9.79 Å². The number of aliphatic hydroxyl groups is 1. The molecule has 0 aliphatic carbocycles. The summed E-state index contributed by atoms with van der Waals surface area (Å²) in [5.74, 6) is 0.606. The van der Waals surface area contributed by atoms with Crippen molar-refractivity contribution in [2.45, 2.75) is 19.9 Å². The van der Waals surface area contributed by atoms with Crippen LogP contribution in [0.2, 0.25) is 0 Å². The number of ether oxygens (including phenoxy) is 1. The Kier molecular flexibility index (Phi) is 9.61. The van der Waals surface area contributed by atoms with Crippen molar-refractivity contribution in [2.24, 2.45) is 4.99 Å². The molecule has 0 aliphatic heterocycles. The average Bonchev–Trinajstić information content (AvgIpc) is 2.49. The third-order valence-corrected chi connectivity index (χ3v) is 2.66. The van der Waals surface area contributed by atoms with Gasteiger partial charge in [0.25, 0.3) is 0 Å². The predicted octanol–water partition coefficient (Wildman–Crippen LogP) is 0.154. The molecule has 1 atom stereocenters. The molecule has 0 saturated carbocycles. The number of carbonyl (C=O) groups is 1. The van der Waals surface area contributed by atoms with Crippen molar-refractivity contribution in [2.75, 3.05) is 33.9 Å². The lowest BCUT2D eigenvalue weighted by atomic mass is 10.2. The lowest BCUT2D eigenvalue weighted by molar-refractivity contribution is 0.170. The Morgan fingerprint density at radius 1 is 1.57 bits per heavy atom. The molecule has 8 heteroatoms. The Labute approximate surface area is 125 Å². The molecule has 0 bridgehead atoms. The van der Waals surface area contributed by atoms with Gasteiger partial charge in [0.2, 0.25) is 0 Å². The fourth-order valence-electron chi connectivity index (χ4n) is 1.45. The largest absolute Gasteiger partial charge is 0.453 e. The van der Waals surface area contributed by atoms with E-state index in [0.717, 1.165) is 11.9 Å². The number of aliphatic hydroxyl groups excluding tert-OH is 1. The number of likely N-dealkylation sites (N-methyl/N-ethyl adjacent to an activating group) is 1. The first-order valence-electron chi connectivity index (χ1n) is 6.60. The standard InChI is InChI=1S/C13H25N5O3/c1-10(7-16-11(2)8-19)12(17-9-14)18(3)6-5-15-13(20)21-4/h7,9,11,14,16,19H,5-6,8H2,1-4H3,(H,15,20)/b10-7+,14-9?,17-12+. The van der Waals surface area contributed by atoms with Crippen molar-refractivity contribution in [3.63, 3.8) is 0 Å². The van der Waals surface area contributed by atoms with E-state index in [1.165, 1.54) is 7.11 Å². The van der Waals surface area contributed by atoms with Crippen molar-refractivity contribution in [1.82, 2.24) is 15.5 Å². The number of nitrogens with one attached hydrogen (secondary N) is 3. The van der Waals surface area contributed by atoms with Gasteiger partial charge < -0.3 is 25.4 Å². The molecule has 0 radical (unpaired) electrons. The summed E-state index contributed by atoms with van der Waals surface area (Å²) in [6, 6.07) is -0.0625. The van der Waals surface area contributed by atoms with Crippen LogP contribution in [-0.4, -0.2) is 68.2 Å². The van der Waals surface area contributed by atoms with Crippen molar-refractivity contribution >= 4 is 18.3 Å². The number of hydrogen-bond acceptors (Lipinski definition) is 5. The van der Waals surface area contributed by atoms with E-state index in [1.807, 2.05) is 25.8 Å². The zero-order valence-corrected chi connectivity index (χ0v) is 13.0. The van der Waals surface area contributed by atoms with Crippen molar-refractivity contribution < 1.29 is 14.6 Å². The SMILES string of the molecule is COC(=O)NCCN(C)C(=N/C=N)/C(C)=C/NC(C)CO. The molecule has 0 rings (SSSR count). The minimum atomic E-state index is -0.486. The first kappa shape index (κ1) is 18.9. The quantitative estimate of drug-likeness (QED) is 0.377. The first-order valence-corrected chi connectivity index (χ1v) is 6.60. The molecule has 0 aromatic carbocycles. The second-order valence-electron chi connectivity index (χ2n) is 4.50. The lowest BCUT2D eigenvalue weighted by Gasteiger charge is -2.22. The average molecular weight is 299 g/mol. The number of amidine groups is 1. The highest BCUT2D eigenvalue weighted by atomic mass is 16.5. The summed E-state index contributed by atoms with van der Waals surface area (Å²) in [7, 11) is 3.12. The molecule has 120 valence electrons. The van der Waals surface area contributed by atoms with E-state index >= 15 is 0 Å². The first-order chi connectivity index (χ1) is 9.96. The van der Waals surface area contributed by atoms with E-state index in [2.05, 4.69) is 20.4 Å². The number of rotatable bonds is 8. The summed E-state index contributed by atoms with van der Waals surface area (Å²) in [5, 5.41) is 21.7. The zero-order chi connectivity index (χ0) is 16.3. The summed E-state index contributed by atoms with van der Waals surface area (Å²) in [6.07, 6.45) is 2.22. The molecule has 0 heterocycles. The summed E-state index contributed by atoms with van der Waals surface area (Å²) in [4.78, 5) is 16.8. The highest BCUT2D eigenvalue weighted by Crippen LogP contribution is 2.01. The Bertz CT molecular complexity index is 395. The Balaban J connectivity index is 4.62. The number of amides is 1. The highest BCUT2D eigenvalue weighted by Gasteiger charge is 2.09. The normalized spacial score (nSPS) is 13.4. The molecular formula is C13H25N5O3. The van der Waals surface area contributed by atoms with Gasteiger partial charge in [0, 0.05) is 38.0 Å². The van der Waals surface area contributed by atoms with E-state index in [9.17, 15) is 4.79 Å². The van der Waals surface area contributed by atoms with E-state index in [0.29, 0.717) is 18.9 Å². The van der Waals surface area contributed by atoms with E-state index in [1.54, 1.807) is 6.20 Å². The summed E-state index contributed by atoms with van der Waals surface area (Å²) < 4.78 is 4.48. The van der Waals surface area contributed by atoms with Gasteiger partial charge in [-0.05, 0) is 13.8 Å². The summed E-state index contributed by atoms with van der Waals surface area (Å²) in [5.41, 5.74) is 0.819. The number of aliphatic imine (C=N–C) groups is 1. The monoisotopic (exact) mass is 299 g/mol. The maximum Gasteiger partial charge on any atom is 0.406 e. The number of nitrogens with zero attached hydrogens (tertiary/aromatic N) is 2. The van der Waals surface area contributed by atoms with Crippen LogP contribution in [0.1, 0.15) is 13.8 Å². The van der Waals surface area contributed by atoms with Crippen LogP contribution in [0.25, 0.3) is 0 Å². The number of alkyl carbamates (subject to hydrolysis) is 1. The van der Waals surface area contributed by atoms with Gasteiger partial charge >= 0.3 is 6.09 Å². The fourth-order valence-corrected chi connectivity index (χ4v) is 1.45. The van der Waals surface area contributed by atoms with Gasteiger partial charge in [-0.3, -0.25) is 5.41 Å². The second kappa shape index (κ2) is 10.7. The Morgan fingerprint density at radius 3 is 2.76 bits per heavy atom. The number of hydrogen-bond donors (Lipinski definition) is 4.